The Bertz CT molecular complexity index is 730. The van der Waals surface area contributed by atoms with E-state index in [4.69, 9.17) is 16.0 Å². The van der Waals surface area contributed by atoms with Gasteiger partial charge in [0.25, 0.3) is 10.0 Å². The number of rotatable bonds is 5. The Balaban J connectivity index is 2.49. The van der Waals surface area contributed by atoms with Gasteiger partial charge in [-0.15, -0.1) is 11.6 Å². The summed E-state index contributed by atoms with van der Waals surface area (Å²) in [6.45, 7) is 1.89. The van der Waals surface area contributed by atoms with E-state index in [9.17, 15) is 12.8 Å². The molecule has 1 heterocycles. The van der Waals surface area contributed by atoms with E-state index in [1.807, 2.05) is 0 Å². The first kappa shape index (κ1) is 16.3. The van der Waals surface area contributed by atoms with Crippen molar-refractivity contribution in [3.8, 4) is 0 Å². The van der Waals surface area contributed by atoms with Gasteiger partial charge in [-0.1, -0.05) is 0 Å². The quantitative estimate of drug-likeness (QED) is 0.714. The number of sulfonamides is 1. The topological polar surface area (TPSA) is 50.5 Å². The zero-order valence-corrected chi connectivity index (χ0v) is 14.2. The zero-order valence-electron chi connectivity index (χ0n) is 11.0. The normalized spacial score (nSPS) is 11.6. The molecular weight excluding hydrogens is 385 g/mol. The van der Waals surface area contributed by atoms with Crippen LogP contribution in [0.5, 0.6) is 0 Å². The molecule has 1 aromatic heterocycles. The first-order valence-electron chi connectivity index (χ1n) is 6.02. The van der Waals surface area contributed by atoms with Crippen LogP contribution in [0.3, 0.4) is 0 Å². The Hall–Kier alpha value is -1.05. The summed E-state index contributed by atoms with van der Waals surface area (Å²) in [5.41, 5.74) is 0.374. The highest BCUT2D eigenvalue weighted by Gasteiger charge is 2.29. The Morgan fingerprint density at radius 3 is 2.43 bits per heavy atom. The van der Waals surface area contributed by atoms with Crippen molar-refractivity contribution in [3.05, 3.63) is 46.6 Å². The van der Waals surface area contributed by atoms with E-state index in [1.54, 1.807) is 6.92 Å². The number of nitrogens with zero attached hydrogens (tertiary/aromatic N) is 1. The molecule has 0 unspecified atom stereocenters. The second-order valence-electron chi connectivity index (χ2n) is 4.13. The van der Waals surface area contributed by atoms with Gasteiger partial charge >= 0.3 is 0 Å². The highest BCUT2D eigenvalue weighted by Crippen LogP contribution is 2.31. The Labute approximate surface area is 135 Å². The lowest BCUT2D eigenvalue weighted by molar-refractivity contribution is 0.498. The third kappa shape index (κ3) is 3.25. The van der Waals surface area contributed by atoms with Crippen LogP contribution in [0.15, 0.2) is 44.3 Å². The standard InChI is InChI=1S/C13H12BrClFNO3S/c1-2-17(10-5-3-9(16)4-6-10)21(18,19)12-7-11(8-15)20-13(12)14/h3-7H,2,8H2,1H3. The molecule has 8 heteroatoms. The van der Waals surface area contributed by atoms with E-state index in [1.165, 1.54) is 34.6 Å². The average molecular weight is 397 g/mol. The van der Waals surface area contributed by atoms with Crippen molar-refractivity contribution in [2.45, 2.75) is 17.7 Å². The predicted molar refractivity (Wildman–Crippen MR) is 82.6 cm³/mol. The average Bonchev–Trinajstić information content (AvgIpc) is 2.83. The Morgan fingerprint density at radius 2 is 1.95 bits per heavy atom. The summed E-state index contributed by atoms with van der Waals surface area (Å²) in [5.74, 6) is -0.0186. The van der Waals surface area contributed by atoms with Crippen molar-refractivity contribution in [1.82, 2.24) is 0 Å². The molecule has 2 rings (SSSR count). The van der Waals surface area contributed by atoms with Gasteiger partial charge in [0.1, 0.15) is 16.5 Å². The molecule has 0 amide bonds. The van der Waals surface area contributed by atoms with Crippen LogP contribution in [-0.2, 0) is 15.9 Å². The maximum atomic E-state index is 13.0. The molecule has 1 aromatic carbocycles. The summed E-state index contributed by atoms with van der Waals surface area (Å²) in [7, 11) is -3.83. The third-order valence-corrected chi connectivity index (χ3v) is 5.83. The number of hydrogen-bond acceptors (Lipinski definition) is 3. The lowest BCUT2D eigenvalue weighted by atomic mass is 10.3. The fraction of sp³-hybridized carbons (Fsp3) is 0.231. The number of halogens is 3. The fourth-order valence-electron chi connectivity index (χ4n) is 1.86. The number of hydrogen-bond donors (Lipinski definition) is 0. The maximum absolute atomic E-state index is 13.0. The van der Waals surface area contributed by atoms with Crippen LogP contribution in [-0.4, -0.2) is 15.0 Å². The molecule has 21 heavy (non-hydrogen) atoms. The molecule has 0 spiro atoms. The Morgan fingerprint density at radius 1 is 1.33 bits per heavy atom. The fourth-order valence-corrected chi connectivity index (χ4v) is 4.43. The van der Waals surface area contributed by atoms with Gasteiger partial charge in [-0.3, -0.25) is 4.31 Å². The zero-order chi connectivity index (χ0) is 15.6. The molecule has 0 fully saturated rings. The number of anilines is 1. The molecule has 0 saturated heterocycles. The second kappa shape index (κ2) is 6.37. The third-order valence-electron chi connectivity index (χ3n) is 2.81. The highest BCUT2D eigenvalue weighted by atomic mass is 79.9. The van der Waals surface area contributed by atoms with Crippen molar-refractivity contribution in [1.29, 1.82) is 0 Å². The van der Waals surface area contributed by atoms with E-state index in [0.717, 1.165) is 0 Å². The monoisotopic (exact) mass is 395 g/mol. The summed E-state index contributed by atoms with van der Waals surface area (Å²) in [5, 5.41) is 0. The summed E-state index contributed by atoms with van der Waals surface area (Å²) < 4.78 is 44.9. The smallest absolute Gasteiger partial charge is 0.268 e. The summed E-state index contributed by atoms with van der Waals surface area (Å²) >= 11 is 8.73. The highest BCUT2D eigenvalue weighted by molar-refractivity contribution is 9.10. The number of benzene rings is 1. The maximum Gasteiger partial charge on any atom is 0.268 e. The molecule has 114 valence electrons. The van der Waals surface area contributed by atoms with Gasteiger partial charge in [0.2, 0.25) is 0 Å². The van der Waals surface area contributed by atoms with E-state index >= 15 is 0 Å². The van der Waals surface area contributed by atoms with Gasteiger partial charge < -0.3 is 4.42 Å². The van der Waals surface area contributed by atoms with Crippen LogP contribution in [0.1, 0.15) is 12.7 Å². The second-order valence-corrected chi connectivity index (χ2v) is 6.95. The predicted octanol–water partition coefficient (Wildman–Crippen LogP) is 4.14. The van der Waals surface area contributed by atoms with E-state index in [0.29, 0.717) is 11.4 Å². The minimum atomic E-state index is -3.83. The molecule has 0 radical (unpaired) electrons. The van der Waals surface area contributed by atoms with Crippen molar-refractivity contribution < 1.29 is 17.2 Å². The minimum Gasteiger partial charge on any atom is -0.452 e. The van der Waals surface area contributed by atoms with Gasteiger partial charge in [-0.25, -0.2) is 12.8 Å². The van der Waals surface area contributed by atoms with E-state index in [-0.39, 0.29) is 22.0 Å². The summed E-state index contributed by atoms with van der Waals surface area (Å²) in [6, 6.07) is 6.61. The molecule has 0 N–H and O–H groups in total. The van der Waals surface area contributed by atoms with E-state index in [2.05, 4.69) is 15.9 Å². The van der Waals surface area contributed by atoms with Crippen molar-refractivity contribution in [3.63, 3.8) is 0 Å². The molecule has 0 aliphatic rings. The minimum absolute atomic E-state index is 0.00988. The van der Waals surface area contributed by atoms with Gasteiger partial charge in [-0.2, -0.15) is 0 Å². The van der Waals surface area contributed by atoms with Crippen LogP contribution in [0, 0.1) is 5.82 Å². The van der Waals surface area contributed by atoms with Crippen molar-refractivity contribution in [2.24, 2.45) is 0 Å². The van der Waals surface area contributed by atoms with Crippen molar-refractivity contribution >= 4 is 43.2 Å². The lowest BCUT2D eigenvalue weighted by Gasteiger charge is -2.22. The molecule has 0 aliphatic heterocycles. The van der Waals surface area contributed by atoms with Gasteiger partial charge in [-0.05, 0) is 47.1 Å². The molecular formula is C13H12BrClFNO3S. The van der Waals surface area contributed by atoms with Crippen LogP contribution in [0.25, 0.3) is 0 Å². The Kier molecular flexibility index (Phi) is 4.95. The molecule has 0 atom stereocenters. The molecule has 0 bridgehead atoms. The SMILES string of the molecule is CCN(c1ccc(F)cc1)S(=O)(=O)c1cc(CCl)oc1Br. The molecule has 0 aliphatic carbocycles. The van der Waals surface area contributed by atoms with Gasteiger partial charge in [0, 0.05) is 12.6 Å². The lowest BCUT2D eigenvalue weighted by Crippen LogP contribution is -2.30. The number of alkyl halides is 1. The summed E-state index contributed by atoms with van der Waals surface area (Å²) in [6.07, 6.45) is 0. The van der Waals surface area contributed by atoms with Crippen LogP contribution >= 0.6 is 27.5 Å². The van der Waals surface area contributed by atoms with Crippen LogP contribution in [0.2, 0.25) is 0 Å². The van der Waals surface area contributed by atoms with E-state index < -0.39 is 15.8 Å². The van der Waals surface area contributed by atoms with Gasteiger partial charge in [0.05, 0.1) is 11.6 Å². The number of furan rings is 1. The van der Waals surface area contributed by atoms with Crippen LogP contribution < -0.4 is 4.31 Å². The largest absolute Gasteiger partial charge is 0.452 e. The van der Waals surface area contributed by atoms with Crippen molar-refractivity contribution in [2.75, 3.05) is 10.8 Å². The molecule has 4 nitrogen and oxygen atoms in total. The molecule has 0 saturated carbocycles. The van der Waals surface area contributed by atoms with Gasteiger partial charge in [0.15, 0.2) is 4.67 Å². The first-order valence-corrected chi connectivity index (χ1v) is 8.79. The van der Waals surface area contributed by atoms with Crippen LogP contribution in [0.4, 0.5) is 10.1 Å². The summed E-state index contributed by atoms with van der Waals surface area (Å²) in [4.78, 5) is -0.00988. The first-order chi connectivity index (χ1) is 9.90. The molecule has 2 aromatic rings.